The summed E-state index contributed by atoms with van der Waals surface area (Å²) in [5, 5.41) is 0. The average molecular weight is 276 g/mol. The Kier molecular flexibility index (Phi) is 3.79. The first-order valence-electron chi connectivity index (χ1n) is 5.51. The molecule has 1 amide bonds. The van der Waals surface area contributed by atoms with Crippen molar-refractivity contribution in [3.63, 3.8) is 0 Å². The Hall–Kier alpha value is -1.96. The highest BCUT2D eigenvalue weighted by Crippen LogP contribution is 2.21. The van der Waals surface area contributed by atoms with E-state index in [0.717, 1.165) is 0 Å². The first-order chi connectivity index (χ1) is 8.96. The zero-order valence-corrected chi connectivity index (χ0v) is 9.71. The van der Waals surface area contributed by atoms with E-state index in [2.05, 4.69) is 15.3 Å². The molecule has 0 aliphatic rings. The molecule has 0 radical (unpaired) electrons. The van der Waals surface area contributed by atoms with Crippen LogP contribution in [0.15, 0.2) is 22.8 Å². The van der Waals surface area contributed by atoms with Gasteiger partial charge >= 0.3 is 6.18 Å². The number of amides is 1. The Morgan fingerprint density at radius 2 is 2.26 bits per heavy atom. The first kappa shape index (κ1) is 13.5. The van der Waals surface area contributed by atoms with Crippen LogP contribution in [0.5, 0.6) is 0 Å². The zero-order chi connectivity index (χ0) is 13.9. The highest BCUT2D eigenvalue weighted by molar-refractivity contribution is 5.96. The van der Waals surface area contributed by atoms with Crippen LogP contribution in [0.2, 0.25) is 0 Å². The minimum atomic E-state index is -4.21. The standard InChI is InChI=1S/C11H11F3N2O3/c12-11(13,14)3-1-4-19-16-10(17)8-6-9-7(15-8)2-5-18-9/h2,5-6,15H,1,3-4H2,(H,16,17). The lowest BCUT2D eigenvalue weighted by atomic mass is 10.3. The van der Waals surface area contributed by atoms with E-state index in [-0.39, 0.29) is 18.7 Å². The van der Waals surface area contributed by atoms with Gasteiger partial charge < -0.3 is 9.40 Å². The summed E-state index contributed by atoms with van der Waals surface area (Å²) in [7, 11) is 0. The number of hydrogen-bond donors (Lipinski definition) is 2. The van der Waals surface area contributed by atoms with E-state index >= 15 is 0 Å². The normalized spacial score (nSPS) is 11.9. The second-order valence-electron chi connectivity index (χ2n) is 3.88. The molecule has 2 heterocycles. The van der Waals surface area contributed by atoms with Crippen LogP contribution in [0.3, 0.4) is 0 Å². The fourth-order valence-corrected chi connectivity index (χ4v) is 1.49. The molecular formula is C11H11F3N2O3. The van der Waals surface area contributed by atoms with Crippen LogP contribution in [0.25, 0.3) is 11.1 Å². The minimum absolute atomic E-state index is 0.206. The number of carbonyl (C=O) groups is 1. The lowest BCUT2D eigenvalue weighted by molar-refractivity contribution is -0.138. The predicted octanol–water partition coefficient (Wildman–Crippen LogP) is 2.76. The van der Waals surface area contributed by atoms with Crippen LogP contribution in [-0.2, 0) is 4.84 Å². The van der Waals surface area contributed by atoms with Crippen molar-refractivity contribution in [3.8, 4) is 0 Å². The molecule has 0 unspecified atom stereocenters. The molecule has 0 saturated heterocycles. The Labute approximate surface area is 105 Å². The molecule has 2 aromatic rings. The van der Waals surface area contributed by atoms with Crippen molar-refractivity contribution in [3.05, 3.63) is 24.1 Å². The van der Waals surface area contributed by atoms with Gasteiger partial charge in [-0.1, -0.05) is 0 Å². The van der Waals surface area contributed by atoms with Gasteiger partial charge in [-0.15, -0.1) is 0 Å². The van der Waals surface area contributed by atoms with Gasteiger partial charge in [-0.25, -0.2) is 5.48 Å². The molecular weight excluding hydrogens is 265 g/mol. The van der Waals surface area contributed by atoms with Crippen LogP contribution >= 0.6 is 0 Å². The van der Waals surface area contributed by atoms with Gasteiger partial charge in [0.25, 0.3) is 5.91 Å². The number of aromatic amines is 1. The minimum Gasteiger partial charge on any atom is -0.463 e. The van der Waals surface area contributed by atoms with Crippen LogP contribution in [0.1, 0.15) is 23.3 Å². The Morgan fingerprint density at radius 3 is 2.95 bits per heavy atom. The highest BCUT2D eigenvalue weighted by Gasteiger charge is 2.26. The molecule has 2 N–H and O–H groups in total. The number of aromatic nitrogens is 1. The molecule has 0 spiro atoms. The number of carbonyl (C=O) groups excluding carboxylic acids is 1. The Morgan fingerprint density at radius 1 is 1.47 bits per heavy atom. The molecule has 0 bridgehead atoms. The second-order valence-corrected chi connectivity index (χ2v) is 3.88. The SMILES string of the molecule is O=C(NOCCCC(F)(F)F)c1cc2occc2[nH]1. The predicted molar refractivity (Wildman–Crippen MR) is 59.3 cm³/mol. The maximum absolute atomic E-state index is 11.8. The third kappa shape index (κ3) is 3.75. The molecule has 2 aromatic heterocycles. The molecule has 2 rings (SSSR count). The second kappa shape index (κ2) is 5.35. The Bertz CT molecular complexity index is 530. The van der Waals surface area contributed by atoms with Gasteiger partial charge in [-0.2, -0.15) is 13.2 Å². The molecule has 0 fully saturated rings. The number of halogens is 3. The summed E-state index contributed by atoms with van der Waals surface area (Å²) < 4.78 is 40.5. The van der Waals surface area contributed by atoms with Gasteiger partial charge in [0.05, 0.1) is 18.4 Å². The molecule has 0 atom stereocenters. The van der Waals surface area contributed by atoms with E-state index in [1.807, 2.05) is 0 Å². The summed E-state index contributed by atoms with van der Waals surface area (Å²) in [5.41, 5.74) is 3.44. The van der Waals surface area contributed by atoms with Crippen molar-refractivity contribution in [1.29, 1.82) is 0 Å². The molecule has 5 nitrogen and oxygen atoms in total. The molecule has 0 aliphatic heterocycles. The van der Waals surface area contributed by atoms with Gasteiger partial charge in [-0.05, 0) is 6.42 Å². The van der Waals surface area contributed by atoms with E-state index in [9.17, 15) is 18.0 Å². The number of hydroxylamine groups is 1. The van der Waals surface area contributed by atoms with Crippen LogP contribution in [-0.4, -0.2) is 23.7 Å². The van der Waals surface area contributed by atoms with E-state index in [0.29, 0.717) is 11.1 Å². The molecule has 0 aliphatic carbocycles. The van der Waals surface area contributed by atoms with Gasteiger partial charge in [0.2, 0.25) is 0 Å². The first-order valence-corrected chi connectivity index (χ1v) is 5.51. The lowest BCUT2D eigenvalue weighted by Gasteiger charge is -2.06. The molecule has 19 heavy (non-hydrogen) atoms. The molecule has 104 valence electrons. The summed E-state index contributed by atoms with van der Waals surface area (Å²) in [6, 6.07) is 3.13. The van der Waals surface area contributed by atoms with E-state index in [4.69, 9.17) is 4.42 Å². The van der Waals surface area contributed by atoms with E-state index < -0.39 is 18.5 Å². The van der Waals surface area contributed by atoms with E-state index in [1.54, 1.807) is 6.07 Å². The van der Waals surface area contributed by atoms with Crippen molar-refractivity contribution in [2.24, 2.45) is 0 Å². The van der Waals surface area contributed by atoms with Crippen molar-refractivity contribution < 1.29 is 27.2 Å². The van der Waals surface area contributed by atoms with Crippen LogP contribution < -0.4 is 5.48 Å². The van der Waals surface area contributed by atoms with Crippen molar-refractivity contribution in [2.45, 2.75) is 19.0 Å². The van der Waals surface area contributed by atoms with Crippen LogP contribution in [0.4, 0.5) is 13.2 Å². The number of alkyl halides is 3. The molecule has 0 aromatic carbocycles. The third-order valence-corrected chi connectivity index (χ3v) is 2.36. The number of hydrogen-bond acceptors (Lipinski definition) is 3. The lowest BCUT2D eigenvalue weighted by Crippen LogP contribution is -2.25. The molecule has 8 heteroatoms. The van der Waals surface area contributed by atoms with Crippen molar-refractivity contribution >= 4 is 17.0 Å². The number of furan rings is 1. The maximum atomic E-state index is 11.8. The monoisotopic (exact) mass is 276 g/mol. The number of rotatable bonds is 5. The number of fused-ring (bicyclic) bond motifs is 1. The summed E-state index contributed by atoms with van der Waals surface area (Å²) >= 11 is 0. The van der Waals surface area contributed by atoms with Crippen molar-refractivity contribution in [1.82, 2.24) is 10.5 Å². The summed E-state index contributed by atoms with van der Waals surface area (Å²) in [6.07, 6.45) is -3.90. The quantitative estimate of drug-likeness (QED) is 0.651. The van der Waals surface area contributed by atoms with Gasteiger partial charge in [0, 0.05) is 18.6 Å². The summed E-state index contributed by atoms with van der Waals surface area (Å²) in [6.45, 7) is -0.206. The maximum Gasteiger partial charge on any atom is 0.389 e. The van der Waals surface area contributed by atoms with Crippen LogP contribution in [0, 0.1) is 0 Å². The fraction of sp³-hybridized carbons (Fsp3) is 0.364. The largest absolute Gasteiger partial charge is 0.463 e. The summed E-state index contributed by atoms with van der Waals surface area (Å²) in [4.78, 5) is 19.0. The fourth-order valence-electron chi connectivity index (χ4n) is 1.49. The smallest absolute Gasteiger partial charge is 0.389 e. The van der Waals surface area contributed by atoms with E-state index in [1.165, 1.54) is 12.3 Å². The number of H-pyrrole nitrogens is 1. The number of nitrogens with one attached hydrogen (secondary N) is 2. The topological polar surface area (TPSA) is 67.3 Å². The third-order valence-electron chi connectivity index (χ3n) is 2.36. The Balaban J connectivity index is 1.74. The summed E-state index contributed by atoms with van der Waals surface area (Å²) in [5.74, 6) is -0.571. The van der Waals surface area contributed by atoms with Crippen molar-refractivity contribution in [2.75, 3.05) is 6.61 Å². The van der Waals surface area contributed by atoms with Gasteiger partial charge in [0.1, 0.15) is 5.69 Å². The molecule has 0 saturated carbocycles. The zero-order valence-electron chi connectivity index (χ0n) is 9.71. The highest BCUT2D eigenvalue weighted by atomic mass is 19.4. The average Bonchev–Trinajstić information content (AvgIpc) is 2.86. The van der Waals surface area contributed by atoms with Gasteiger partial charge in [-0.3, -0.25) is 9.63 Å². The van der Waals surface area contributed by atoms with Gasteiger partial charge in [0.15, 0.2) is 5.58 Å².